The number of thiophene rings is 1. The summed E-state index contributed by atoms with van der Waals surface area (Å²) in [5.74, 6) is 1.98. The van der Waals surface area contributed by atoms with Gasteiger partial charge in [-0.15, -0.1) is 22.7 Å². The van der Waals surface area contributed by atoms with Gasteiger partial charge in [-0.3, -0.25) is 0 Å². The minimum Gasteiger partial charge on any atom is -0.236 e. The average Bonchev–Trinajstić information content (AvgIpc) is 3.78. The molecule has 0 saturated carbocycles. The molecule has 0 saturated heterocycles. The lowest BCUT2D eigenvalue weighted by atomic mass is 10.0. The normalized spacial score (nSPS) is 11.6. The van der Waals surface area contributed by atoms with E-state index in [9.17, 15) is 0 Å². The molecule has 0 N–H and O–H groups in total. The monoisotopic (exact) mass is 674 g/mol. The highest BCUT2D eigenvalue weighted by Gasteiger charge is 2.18. The van der Waals surface area contributed by atoms with E-state index >= 15 is 0 Å². The molecule has 0 unspecified atom stereocenters. The number of rotatable bonds is 5. The third-order valence-electron chi connectivity index (χ3n) is 9.16. The van der Waals surface area contributed by atoms with Gasteiger partial charge in [-0.25, -0.2) is 19.9 Å². The molecule has 0 fully saturated rings. The van der Waals surface area contributed by atoms with E-state index in [0.29, 0.717) is 17.5 Å². The van der Waals surface area contributed by atoms with Crippen molar-refractivity contribution in [3.63, 3.8) is 0 Å². The van der Waals surface area contributed by atoms with Gasteiger partial charge < -0.3 is 0 Å². The van der Waals surface area contributed by atoms with Crippen LogP contribution in [-0.4, -0.2) is 19.9 Å². The van der Waals surface area contributed by atoms with Crippen LogP contribution in [0.25, 0.3) is 97.0 Å². The second-order valence-electron chi connectivity index (χ2n) is 12.3. The Morgan fingerprint density at radius 1 is 0.360 bits per heavy atom. The maximum atomic E-state index is 5.12. The summed E-state index contributed by atoms with van der Waals surface area (Å²) < 4.78 is 3.56. The van der Waals surface area contributed by atoms with Gasteiger partial charge >= 0.3 is 0 Å². The van der Waals surface area contributed by atoms with E-state index in [1.165, 1.54) is 36.7 Å². The summed E-state index contributed by atoms with van der Waals surface area (Å²) in [5, 5.41) is 5.75. The van der Waals surface area contributed by atoms with Crippen LogP contribution >= 0.6 is 22.7 Å². The smallest absolute Gasteiger partial charge is 0.165 e. The summed E-state index contributed by atoms with van der Waals surface area (Å²) in [4.78, 5) is 20.3. The number of nitrogens with zero attached hydrogens (tertiary/aromatic N) is 4. The van der Waals surface area contributed by atoms with Gasteiger partial charge in [-0.05, 0) is 46.2 Å². The molecule has 50 heavy (non-hydrogen) atoms. The van der Waals surface area contributed by atoms with Gasteiger partial charge in [0.2, 0.25) is 0 Å². The Kier molecular flexibility index (Phi) is 6.82. The van der Waals surface area contributed by atoms with E-state index in [2.05, 4.69) is 133 Å². The SMILES string of the molecule is c1ccc(-c2ccc(-c3nc4cc5c(cc4s3)sc3c(-c4nc(-c6ccccc6)nc(-c6ccc7ccccc7c6)n4)cccc35)cc2)cc1. The van der Waals surface area contributed by atoms with Gasteiger partial charge in [-0.1, -0.05) is 133 Å². The van der Waals surface area contributed by atoms with Gasteiger partial charge in [-0.2, -0.15) is 0 Å². The highest BCUT2D eigenvalue weighted by molar-refractivity contribution is 7.27. The lowest BCUT2D eigenvalue weighted by Crippen LogP contribution is -2.00. The van der Waals surface area contributed by atoms with Crippen LogP contribution in [0.2, 0.25) is 0 Å². The van der Waals surface area contributed by atoms with Gasteiger partial charge in [0.25, 0.3) is 0 Å². The number of thiazole rings is 1. The highest BCUT2D eigenvalue weighted by Crippen LogP contribution is 2.43. The number of aromatic nitrogens is 4. The minimum atomic E-state index is 0.658. The van der Waals surface area contributed by atoms with Crippen molar-refractivity contribution in [3.05, 3.63) is 158 Å². The van der Waals surface area contributed by atoms with Crippen LogP contribution in [0.3, 0.4) is 0 Å². The standard InChI is InChI=1S/C44H26N4S2/c1-3-10-27(11-4-1)29-18-21-31(22-19-29)44-45-37-25-36-34-16-9-17-35(40(34)49-38(36)26-39(37)50-44)43-47-41(30-13-5-2-6-14-30)46-42(48-43)33-23-20-28-12-7-8-15-32(28)24-33/h1-26H. The second kappa shape index (κ2) is 11.8. The molecular weight excluding hydrogens is 649 g/mol. The molecule has 234 valence electrons. The first-order valence-electron chi connectivity index (χ1n) is 16.5. The molecule has 7 aromatic carbocycles. The summed E-state index contributed by atoms with van der Waals surface area (Å²) in [6.07, 6.45) is 0. The van der Waals surface area contributed by atoms with E-state index in [1.54, 1.807) is 22.7 Å². The van der Waals surface area contributed by atoms with Crippen LogP contribution in [0.15, 0.2) is 158 Å². The molecule has 0 aliphatic carbocycles. The number of hydrogen-bond acceptors (Lipinski definition) is 6. The van der Waals surface area contributed by atoms with Crippen molar-refractivity contribution in [1.82, 2.24) is 19.9 Å². The Morgan fingerprint density at radius 3 is 1.80 bits per heavy atom. The molecule has 10 rings (SSSR count). The topological polar surface area (TPSA) is 51.6 Å². The van der Waals surface area contributed by atoms with Crippen molar-refractivity contribution >= 4 is 63.8 Å². The molecule has 0 radical (unpaired) electrons. The third kappa shape index (κ3) is 5.05. The minimum absolute atomic E-state index is 0.658. The lowest BCUT2D eigenvalue weighted by molar-refractivity contribution is 1.08. The van der Waals surface area contributed by atoms with Gasteiger partial charge in [0.1, 0.15) is 5.01 Å². The Bertz CT molecular complexity index is 2860. The fourth-order valence-electron chi connectivity index (χ4n) is 6.62. The summed E-state index contributed by atoms with van der Waals surface area (Å²) in [7, 11) is 0. The van der Waals surface area contributed by atoms with Gasteiger partial charge in [0.15, 0.2) is 17.5 Å². The van der Waals surface area contributed by atoms with Crippen molar-refractivity contribution in [1.29, 1.82) is 0 Å². The molecule has 0 aliphatic rings. The zero-order valence-corrected chi connectivity index (χ0v) is 28.2. The number of fused-ring (bicyclic) bond motifs is 5. The van der Waals surface area contributed by atoms with Crippen LogP contribution in [-0.2, 0) is 0 Å². The summed E-state index contributed by atoms with van der Waals surface area (Å²) in [6.45, 7) is 0. The quantitative estimate of drug-likeness (QED) is 0.182. The van der Waals surface area contributed by atoms with E-state index in [-0.39, 0.29) is 0 Å². The molecule has 3 aromatic heterocycles. The van der Waals surface area contributed by atoms with E-state index in [1.807, 2.05) is 24.3 Å². The number of benzene rings is 7. The first-order valence-corrected chi connectivity index (χ1v) is 18.1. The Hall–Kier alpha value is -6.08. The van der Waals surface area contributed by atoms with Crippen LogP contribution in [0.4, 0.5) is 0 Å². The van der Waals surface area contributed by atoms with Gasteiger partial charge in [0.05, 0.1) is 10.2 Å². The van der Waals surface area contributed by atoms with E-state index < -0.39 is 0 Å². The van der Waals surface area contributed by atoms with Crippen LogP contribution in [0.5, 0.6) is 0 Å². The summed E-state index contributed by atoms with van der Waals surface area (Å²) in [6, 6.07) is 55.1. The molecule has 0 aliphatic heterocycles. The molecule has 0 spiro atoms. The largest absolute Gasteiger partial charge is 0.236 e. The Morgan fingerprint density at radius 2 is 1.00 bits per heavy atom. The predicted octanol–water partition coefficient (Wildman–Crippen LogP) is 12.3. The first-order chi connectivity index (χ1) is 24.7. The Labute approximate surface area is 296 Å². The van der Waals surface area contributed by atoms with Crippen molar-refractivity contribution < 1.29 is 0 Å². The van der Waals surface area contributed by atoms with Crippen LogP contribution in [0.1, 0.15) is 0 Å². The molecular formula is C44H26N4S2. The van der Waals surface area contributed by atoms with E-state index in [4.69, 9.17) is 19.9 Å². The third-order valence-corrected chi connectivity index (χ3v) is 11.4. The first kappa shape index (κ1) is 28.9. The predicted molar refractivity (Wildman–Crippen MR) is 211 cm³/mol. The molecule has 0 bridgehead atoms. The van der Waals surface area contributed by atoms with Crippen LogP contribution in [0, 0.1) is 0 Å². The highest BCUT2D eigenvalue weighted by atomic mass is 32.1. The summed E-state index contributed by atoms with van der Waals surface area (Å²) >= 11 is 3.53. The maximum Gasteiger partial charge on any atom is 0.165 e. The number of hydrogen-bond donors (Lipinski definition) is 0. The second-order valence-corrected chi connectivity index (χ2v) is 14.4. The molecule has 0 amide bonds. The zero-order valence-electron chi connectivity index (χ0n) is 26.6. The fraction of sp³-hybridized carbons (Fsp3) is 0. The van der Waals surface area contributed by atoms with Crippen molar-refractivity contribution in [2.45, 2.75) is 0 Å². The average molecular weight is 675 g/mol. The van der Waals surface area contributed by atoms with Gasteiger partial charge in [0, 0.05) is 42.4 Å². The summed E-state index contributed by atoms with van der Waals surface area (Å²) in [5.41, 5.74) is 7.49. The van der Waals surface area contributed by atoms with E-state index in [0.717, 1.165) is 42.9 Å². The van der Waals surface area contributed by atoms with Crippen LogP contribution < -0.4 is 0 Å². The molecule has 6 heteroatoms. The van der Waals surface area contributed by atoms with Crippen molar-refractivity contribution in [2.75, 3.05) is 0 Å². The molecule has 3 heterocycles. The fourth-order valence-corrected chi connectivity index (χ4v) is 8.92. The van der Waals surface area contributed by atoms with Crippen molar-refractivity contribution in [2.24, 2.45) is 0 Å². The lowest BCUT2D eigenvalue weighted by Gasteiger charge is -2.09. The van der Waals surface area contributed by atoms with Crippen molar-refractivity contribution in [3.8, 4) is 55.9 Å². The molecule has 0 atom stereocenters. The molecule has 4 nitrogen and oxygen atoms in total. The zero-order chi connectivity index (χ0) is 33.0. The maximum absolute atomic E-state index is 5.12. The Balaban J connectivity index is 1.08. The molecule has 10 aromatic rings.